The fourth-order valence-electron chi connectivity index (χ4n) is 3.17. The molecule has 0 N–H and O–H groups in total. The number of benzene rings is 1. The van der Waals surface area contributed by atoms with Gasteiger partial charge in [0.15, 0.2) is 5.65 Å². The molecular weight excluding hydrogens is 345 g/mol. The third kappa shape index (κ3) is 3.80. The van der Waals surface area contributed by atoms with Crippen molar-refractivity contribution in [3.8, 4) is 6.07 Å². The summed E-state index contributed by atoms with van der Waals surface area (Å²) in [7, 11) is 1.71. The molecule has 0 spiro atoms. The molecule has 0 fully saturated rings. The summed E-state index contributed by atoms with van der Waals surface area (Å²) < 4.78 is 14.9. The minimum Gasteiger partial charge on any atom is -0.341 e. The lowest BCUT2D eigenvalue weighted by atomic mass is 10.1. The Labute approximate surface area is 156 Å². The summed E-state index contributed by atoms with van der Waals surface area (Å²) in [6.45, 7) is 4.14. The molecule has 0 unspecified atom stereocenters. The third-order valence-corrected chi connectivity index (χ3v) is 4.65. The number of hydrogen-bond acceptors (Lipinski definition) is 4. The Morgan fingerprint density at radius 2 is 2.15 bits per heavy atom. The van der Waals surface area contributed by atoms with Crippen LogP contribution in [0.25, 0.3) is 5.65 Å². The van der Waals surface area contributed by atoms with Crippen LogP contribution in [0.2, 0.25) is 0 Å². The summed E-state index contributed by atoms with van der Waals surface area (Å²) in [5, 5.41) is 13.4. The molecular formula is C20H20FN5O. The first-order valence-corrected chi connectivity index (χ1v) is 8.63. The minimum atomic E-state index is -0.310. The van der Waals surface area contributed by atoms with E-state index in [1.54, 1.807) is 28.6 Å². The molecule has 0 aliphatic rings. The molecule has 2 heterocycles. The zero-order chi connectivity index (χ0) is 19.6. The van der Waals surface area contributed by atoms with Crippen molar-refractivity contribution >= 4 is 11.6 Å². The highest BCUT2D eigenvalue weighted by molar-refractivity contribution is 5.76. The largest absolute Gasteiger partial charge is 0.341 e. The quantitative estimate of drug-likeness (QED) is 0.697. The molecule has 1 amide bonds. The van der Waals surface area contributed by atoms with Crippen molar-refractivity contribution in [2.75, 3.05) is 7.05 Å². The number of carbonyl (C=O) groups is 1. The summed E-state index contributed by atoms with van der Waals surface area (Å²) in [4.78, 5) is 18.6. The monoisotopic (exact) mass is 365 g/mol. The first kappa shape index (κ1) is 18.5. The van der Waals surface area contributed by atoms with Crippen molar-refractivity contribution in [3.63, 3.8) is 0 Å². The molecule has 0 aliphatic heterocycles. The van der Waals surface area contributed by atoms with Gasteiger partial charge in [-0.05, 0) is 43.5 Å². The summed E-state index contributed by atoms with van der Waals surface area (Å²) in [5.74, 6) is -0.341. The van der Waals surface area contributed by atoms with E-state index in [1.165, 1.54) is 18.3 Å². The number of nitriles is 1. The first-order valence-electron chi connectivity index (χ1n) is 8.63. The Hall–Kier alpha value is -3.27. The van der Waals surface area contributed by atoms with Crippen LogP contribution in [-0.4, -0.2) is 32.5 Å². The van der Waals surface area contributed by atoms with Gasteiger partial charge in [0.1, 0.15) is 17.4 Å². The number of carbonyl (C=O) groups excluding carboxylic acids is 1. The maximum atomic E-state index is 13.3. The lowest BCUT2D eigenvalue weighted by Gasteiger charge is -2.18. The zero-order valence-corrected chi connectivity index (χ0v) is 15.5. The van der Waals surface area contributed by atoms with Crippen LogP contribution in [0.1, 0.15) is 34.5 Å². The summed E-state index contributed by atoms with van der Waals surface area (Å²) in [6.07, 6.45) is 2.33. The van der Waals surface area contributed by atoms with Gasteiger partial charge in [0.05, 0.1) is 6.20 Å². The van der Waals surface area contributed by atoms with Crippen molar-refractivity contribution in [1.82, 2.24) is 19.5 Å². The van der Waals surface area contributed by atoms with Crippen molar-refractivity contribution in [1.29, 1.82) is 5.26 Å². The molecule has 0 saturated carbocycles. The standard InChI is InChI=1S/C20H20FN5O/c1-13-18(14(2)26-20(24-13)16(10-22)11-23-26)7-8-19(27)25(3)12-15-5-4-6-17(21)9-15/h4-6,9,11H,7-8,12H2,1-3H3. The van der Waals surface area contributed by atoms with E-state index in [0.29, 0.717) is 30.6 Å². The topological polar surface area (TPSA) is 74.3 Å². The normalized spacial score (nSPS) is 10.8. The van der Waals surface area contributed by atoms with Crippen LogP contribution >= 0.6 is 0 Å². The third-order valence-electron chi connectivity index (χ3n) is 4.65. The van der Waals surface area contributed by atoms with Gasteiger partial charge in [-0.1, -0.05) is 12.1 Å². The van der Waals surface area contributed by atoms with Gasteiger partial charge >= 0.3 is 0 Å². The summed E-state index contributed by atoms with van der Waals surface area (Å²) >= 11 is 0. The fraction of sp³-hybridized carbons (Fsp3) is 0.300. The van der Waals surface area contributed by atoms with Crippen LogP contribution in [-0.2, 0) is 17.8 Å². The average molecular weight is 365 g/mol. The molecule has 138 valence electrons. The second kappa shape index (κ2) is 7.54. The number of aryl methyl sites for hydroxylation is 2. The van der Waals surface area contributed by atoms with Gasteiger partial charge in [-0.25, -0.2) is 13.9 Å². The van der Waals surface area contributed by atoms with Crippen molar-refractivity contribution in [3.05, 3.63) is 64.4 Å². The highest BCUT2D eigenvalue weighted by atomic mass is 19.1. The van der Waals surface area contributed by atoms with Crippen LogP contribution in [0.4, 0.5) is 4.39 Å². The van der Waals surface area contributed by atoms with Crippen LogP contribution < -0.4 is 0 Å². The molecule has 0 atom stereocenters. The van der Waals surface area contributed by atoms with Crippen molar-refractivity contribution in [2.45, 2.75) is 33.2 Å². The molecule has 7 heteroatoms. The molecule has 27 heavy (non-hydrogen) atoms. The number of rotatable bonds is 5. The van der Waals surface area contributed by atoms with E-state index >= 15 is 0 Å². The molecule has 0 saturated heterocycles. The van der Waals surface area contributed by atoms with Crippen molar-refractivity contribution in [2.24, 2.45) is 0 Å². The van der Waals surface area contributed by atoms with E-state index in [4.69, 9.17) is 5.26 Å². The average Bonchev–Trinajstić information content (AvgIpc) is 3.04. The van der Waals surface area contributed by atoms with E-state index in [0.717, 1.165) is 22.5 Å². The fourth-order valence-corrected chi connectivity index (χ4v) is 3.17. The first-order chi connectivity index (χ1) is 12.9. The van der Waals surface area contributed by atoms with Gasteiger partial charge in [0, 0.05) is 31.4 Å². The van der Waals surface area contributed by atoms with Gasteiger partial charge in [-0.2, -0.15) is 10.4 Å². The predicted molar refractivity (Wildman–Crippen MR) is 98.4 cm³/mol. The van der Waals surface area contributed by atoms with Gasteiger partial charge < -0.3 is 4.90 Å². The van der Waals surface area contributed by atoms with Crippen LogP contribution in [0.3, 0.4) is 0 Å². The molecule has 0 bridgehead atoms. The Kier molecular flexibility index (Phi) is 5.17. The van der Waals surface area contributed by atoms with Gasteiger partial charge in [0.25, 0.3) is 0 Å². The number of aromatic nitrogens is 3. The van der Waals surface area contributed by atoms with E-state index in [1.807, 2.05) is 13.8 Å². The number of fused-ring (bicyclic) bond motifs is 1. The van der Waals surface area contributed by atoms with E-state index < -0.39 is 0 Å². The molecule has 2 aromatic heterocycles. The van der Waals surface area contributed by atoms with Gasteiger partial charge in [-0.3, -0.25) is 4.79 Å². The lowest BCUT2D eigenvalue weighted by molar-refractivity contribution is -0.130. The van der Waals surface area contributed by atoms with E-state index in [9.17, 15) is 9.18 Å². The number of hydrogen-bond donors (Lipinski definition) is 0. The van der Waals surface area contributed by atoms with Crippen molar-refractivity contribution < 1.29 is 9.18 Å². The molecule has 6 nitrogen and oxygen atoms in total. The smallest absolute Gasteiger partial charge is 0.222 e. The van der Waals surface area contributed by atoms with Crippen LogP contribution in [0.15, 0.2) is 30.5 Å². The number of halogens is 1. The Bertz CT molecular complexity index is 1050. The van der Waals surface area contributed by atoms with Crippen LogP contribution in [0.5, 0.6) is 0 Å². The minimum absolute atomic E-state index is 0.0312. The molecule has 0 radical (unpaired) electrons. The summed E-state index contributed by atoms with van der Waals surface area (Å²) in [5.41, 5.74) is 4.33. The van der Waals surface area contributed by atoms with Crippen LogP contribution in [0, 0.1) is 31.0 Å². The number of amides is 1. The Morgan fingerprint density at radius 1 is 1.37 bits per heavy atom. The Morgan fingerprint density at radius 3 is 2.85 bits per heavy atom. The zero-order valence-electron chi connectivity index (χ0n) is 15.5. The predicted octanol–water partition coefficient (Wildman–Crippen LogP) is 2.95. The second-order valence-electron chi connectivity index (χ2n) is 6.55. The van der Waals surface area contributed by atoms with E-state index in [2.05, 4.69) is 16.2 Å². The number of nitrogens with zero attached hydrogens (tertiary/aromatic N) is 5. The summed E-state index contributed by atoms with van der Waals surface area (Å²) in [6, 6.07) is 8.33. The van der Waals surface area contributed by atoms with Gasteiger partial charge in [0.2, 0.25) is 5.91 Å². The van der Waals surface area contributed by atoms with E-state index in [-0.39, 0.29) is 11.7 Å². The maximum absolute atomic E-state index is 13.3. The second-order valence-corrected chi connectivity index (χ2v) is 6.55. The highest BCUT2D eigenvalue weighted by Crippen LogP contribution is 2.18. The highest BCUT2D eigenvalue weighted by Gasteiger charge is 2.16. The SMILES string of the molecule is Cc1nc2c(C#N)cnn2c(C)c1CCC(=O)N(C)Cc1cccc(F)c1. The van der Waals surface area contributed by atoms with Gasteiger partial charge in [-0.15, -0.1) is 0 Å². The Balaban J connectivity index is 1.72. The maximum Gasteiger partial charge on any atom is 0.222 e. The lowest BCUT2D eigenvalue weighted by Crippen LogP contribution is -2.26. The molecule has 1 aromatic carbocycles. The molecule has 0 aliphatic carbocycles. The molecule has 3 aromatic rings. The molecule has 3 rings (SSSR count).